The summed E-state index contributed by atoms with van der Waals surface area (Å²) in [6.45, 7) is 13.5. The largest absolute Gasteiger partial charge is 0.497 e. The van der Waals surface area contributed by atoms with Crippen molar-refractivity contribution in [3.63, 3.8) is 0 Å². The maximum Gasteiger partial charge on any atom is 0.274 e. The van der Waals surface area contributed by atoms with Crippen LogP contribution in [0.3, 0.4) is 0 Å². The second-order valence-electron chi connectivity index (χ2n) is 13.0. The van der Waals surface area contributed by atoms with Crippen molar-refractivity contribution in [1.29, 1.82) is 5.26 Å². The summed E-state index contributed by atoms with van der Waals surface area (Å²) in [6.07, 6.45) is 3.17. The molecule has 2 fully saturated rings. The topological polar surface area (TPSA) is 129 Å². The molecule has 2 saturated heterocycles. The van der Waals surface area contributed by atoms with Crippen molar-refractivity contribution in [3.8, 4) is 23.4 Å². The number of hydrogen-bond acceptors (Lipinski definition) is 11. The number of amides is 1. The van der Waals surface area contributed by atoms with Gasteiger partial charge in [-0.1, -0.05) is 0 Å². The Balaban J connectivity index is 1.49. The molecule has 0 radical (unpaired) electrons. The first-order valence-electron chi connectivity index (χ1n) is 17.4. The number of sulfonamides is 1. The fourth-order valence-corrected chi connectivity index (χ4v) is 9.29. The molecule has 1 unspecified atom stereocenters. The summed E-state index contributed by atoms with van der Waals surface area (Å²) < 4.78 is 47.8. The van der Waals surface area contributed by atoms with Crippen molar-refractivity contribution in [1.82, 2.24) is 19.7 Å². The molecular weight excluding hydrogens is 657 g/mol. The quantitative estimate of drug-likeness (QED) is 0.285. The number of rotatable bonds is 11. The van der Waals surface area contributed by atoms with E-state index in [0.717, 1.165) is 43.3 Å². The Morgan fingerprint density at radius 1 is 0.960 bits per heavy atom. The Hall–Kier alpha value is -4.22. The number of likely N-dealkylation sites (tertiary alicyclic amines) is 1. The fourth-order valence-electron chi connectivity index (χ4n) is 7.72. The van der Waals surface area contributed by atoms with Crippen LogP contribution < -0.4 is 18.5 Å². The molecule has 0 N–H and O–H groups in total. The van der Waals surface area contributed by atoms with E-state index in [9.17, 15) is 13.7 Å². The molecule has 0 bridgehead atoms. The van der Waals surface area contributed by atoms with E-state index in [0.29, 0.717) is 47.6 Å². The summed E-state index contributed by atoms with van der Waals surface area (Å²) in [5.41, 5.74) is -0.336. The number of carbonyl (C=O) groups excluding carboxylic acids is 1. The second kappa shape index (κ2) is 14.6. The van der Waals surface area contributed by atoms with Crippen LogP contribution in [0.25, 0.3) is 0 Å². The van der Waals surface area contributed by atoms with Gasteiger partial charge < -0.3 is 14.2 Å². The summed E-state index contributed by atoms with van der Waals surface area (Å²) in [6, 6.07) is 15.7. The Kier molecular flexibility index (Phi) is 10.4. The van der Waals surface area contributed by atoms with Gasteiger partial charge in [-0.3, -0.25) is 19.5 Å². The van der Waals surface area contributed by atoms with Gasteiger partial charge >= 0.3 is 0 Å². The smallest absolute Gasteiger partial charge is 0.274 e. The second-order valence-corrected chi connectivity index (χ2v) is 14.8. The van der Waals surface area contributed by atoms with Gasteiger partial charge in [-0.25, -0.2) is 17.7 Å². The van der Waals surface area contributed by atoms with Crippen molar-refractivity contribution < 1.29 is 27.4 Å². The minimum absolute atomic E-state index is 0.0714. The van der Waals surface area contributed by atoms with E-state index < -0.39 is 21.5 Å². The van der Waals surface area contributed by atoms with Crippen molar-refractivity contribution in [3.05, 3.63) is 71.4 Å². The Labute approximate surface area is 295 Å². The molecule has 1 amide bonds. The van der Waals surface area contributed by atoms with Crippen LogP contribution in [0.4, 0.5) is 5.69 Å². The molecular formula is C37H46N6O6S. The average Bonchev–Trinajstić information content (AvgIpc) is 3.40. The first-order valence-corrected chi connectivity index (χ1v) is 18.8. The standard InChI is InChI=1S/C37H46N6O6S/c1-6-48-33-24-29(47-5)11-13-34(33)50(45,46)43-32-12-10-27(25-38)23-31(32)37(36(43)44,30-9-8-16-39-35(30)49-7-2)42-17-14-28(15-18-42)41-21-19-40(20-22-41)26(3)4/h8-13,16,23-24,26,28H,6-7,14-15,17-22H2,1-5H3. The number of anilines is 1. The molecule has 1 aromatic heterocycles. The maximum atomic E-state index is 15.5. The zero-order valence-corrected chi connectivity index (χ0v) is 30.3. The molecule has 0 aliphatic carbocycles. The molecule has 1 atom stereocenters. The van der Waals surface area contributed by atoms with Gasteiger partial charge in [0.05, 0.1) is 37.6 Å². The van der Waals surface area contributed by atoms with Crippen LogP contribution in [-0.2, 0) is 20.4 Å². The lowest BCUT2D eigenvalue weighted by atomic mass is 9.80. The molecule has 0 spiro atoms. The normalized spacial score (nSPS) is 20.9. The van der Waals surface area contributed by atoms with Gasteiger partial charge in [0.1, 0.15) is 16.4 Å². The van der Waals surface area contributed by atoms with Crippen molar-refractivity contribution in [2.24, 2.45) is 0 Å². The van der Waals surface area contributed by atoms with Gasteiger partial charge in [0.2, 0.25) is 5.88 Å². The number of nitrogens with zero attached hydrogens (tertiary/aromatic N) is 6. The number of piperidine rings is 1. The molecule has 3 aliphatic heterocycles. The van der Waals surface area contributed by atoms with Gasteiger partial charge in [0.15, 0.2) is 5.54 Å². The van der Waals surface area contributed by atoms with E-state index in [1.165, 1.54) is 31.4 Å². The Bertz CT molecular complexity index is 1860. The zero-order chi connectivity index (χ0) is 35.6. The van der Waals surface area contributed by atoms with E-state index in [4.69, 9.17) is 14.2 Å². The molecule has 50 heavy (non-hydrogen) atoms. The molecule has 266 valence electrons. The summed E-state index contributed by atoms with van der Waals surface area (Å²) in [4.78, 5) is 27.0. The Morgan fingerprint density at radius 2 is 1.68 bits per heavy atom. The first-order chi connectivity index (χ1) is 24.1. The minimum Gasteiger partial charge on any atom is -0.497 e. The van der Waals surface area contributed by atoms with Crippen LogP contribution in [-0.4, -0.2) is 106 Å². The van der Waals surface area contributed by atoms with Crippen molar-refractivity contribution >= 4 is 21.6 Å². The highest BCUT2D eigenvalue weighted by atomic mass is 32.2. The summed E-state index contributed by atoms with van der Waals surface area (Å²) in [7, 11) is -3.08. The van der Waals surface area contributed by atoms with Crippen LogP contribution in [0.15, 0.2) is 59.6 Å². The molecule has 13 heteroatoms. The first kappa shape index (κ1) is 35.6. The predicted molar refractivity (Wildman–Crippen MR) is 189 cm³/mol. The number of hydrogen-bond donors (Lipinski definition) is 0. The number of piperazine rings is 1. The van der Waals surface area contributed by atoms with Gasteiger partial charge in [0, 0.05) is 74.7 Å². The van der Waals surface area contributed by atoms with Gasteiger partial charge in [-0.15, -0.1) is 0 Å². The SMILES string of the molecule is CCOc1cc(OC)ccc1S(=O)(=O)N1C(=O)C(c2cccnc2OCC)(N2CCC(N3CCN(C(C)C)CC3)CC2)c2cc(C#N)ccc21. The fraction of sp³-hybridized carbons (Fsp3) is 0.486. The number of benzene rings is 2. The third-order valence-corrected chi connectivity index (χ3v) is 11.9. The van der Waals surface area contributed by atoms with E-state index in [2.05, 4.69) is 39.6 Å². The number of nitriles is 1. The molecule has 6 rings (SSSR count). The highest BCUT2D eigenvalue weighted by Crippen LogP contribution is 2.53. The number of aromatic nitrogens is 1. The third-order valence-electron chi connectivity index (χ3n) is 10.2. The number of pyridine rings is 1. The van der Waals surface area contributed by atoms with Crippen LogP contribution >= 0.6 is 0 Å². The predicted octanol–water partition coefficient (Wildman–Crippen LogP) is 4.23. The van der Waals surface area contributed by atoms with E-state index in [1.807, 2.05) is 6.92 Å². The van der Waals surface area contributed by atoms with Crippen LogP contribution in [0.5, 0.6) is 17.4 Å². The summed E-state index contributed by atoms with van der Waals surface area (Å²) in [5, 5.41) is 10.1. The number of methoxy groups -OCH3 is 1. The summed E-state index contributed by atoms with van der Waals surface area (Å²) >= 11 is 0. The lowest BCUT2D eigenvalue weighted by Crippen LogP contribution is -2.60. The average molecular weight is 703 g/mol. The zero-order valence-electron chi connectivity index (χ0n) is 29.5. The molecule has 3 aliphatic rings. The highest BCUT2D eigenvalue weighted by molar-refractivity contribution is 7.93. The Morgan fingerprint density at radius 3 is 2.32 bits per heavy atom. The lowest BCUT2D eigenvalue weighted by molar-refractivity contribution is -0.128. The van der Waals surface area contributed by atoms with Crippen LogP contribution in [0.2, 0.25) is 0 Å². The van der Waals surface area contributed by atoms with E-state index >= 15 is 4.79 Å². The molecule has 3 aromatic rings. The number of carbonyl (C=O) groups is 1. The van der Waals surface area contributed by atoms with Gasteiger partial charge in [-0.2, -0.15) is 5.26 Å². The molecule has 0 saturated carbocycles. The lowest BCUT2D eigenvalue weighted by Gasteiger charge is -2.47. The highest BCUT2D eigenvalue weighted by Gasteiger charge is 2.61. The molecule has 2 aromatic carbocycles. The van der Waals surface area contributed by atoms with Crippen LogP contribution in [0.1, 0.15) is 57.2 Å². The van der Waals surface area contributed by atoms with Crippen molar-refractivity contribution in [2.75, 3.05) is 63.9 Å². The number of ether oxygens (including phenoxy) is 3. The summed E-state index contributed by atoms with van der Waals surface area (Å²) in [5.74, 6) is 0.0435. The van der Waals surface area contributed by atoms with Crippen molar-refractivity contribution in [2.45, 2.75) is 63.1 Å². The monoisotopic (exact) mass is 702 g/mol. The minimum atomic E-state index is -4.56. The third kappa shape index (κ3) is 6.08. The van der Waals surface area contributed by atoms with Gasteiger partial charge in [-0.05, 0) is 83.0 Å². The molecule has 12 nitrogen and oxygen atoms in total. The van der Waals surface area contributed by atoms with Crippen LogP contribution in [0, 0.1) is 11.3 Å². The maximum absolute atomic E-state index is 15.5. The number of fused-ring (bicyclic) bond motifs is 1. The van der Waals surface area contributed by atoms with E-state index in [1.54, 1.807) is 37.4 Å². The van der Waals surface area contributed by atoms with E-state index in [-0.39, 0.29) is 35.4 Å². The van der Waals surface area contributed by atoms with Gasteiger partial charge in [0.25, 0.3) is 15.9 Å². The molecule has 4 heterocycles.